The van der Waals surface area contributed by atoms with E-state index in [-0.39, 0.29) is 17.2 Å². The van der Waals surface area contributed by atoms with Gasteiger partial charge >= 0.3 is 0 Å². The number of para-hydroxylation sites is 1. The third-order valence-electron chi connectivity index (χ3n) is 3.32. The molecule has 6 nitrogen and oxygen atoms in total. The number of rotatable bonds is 4. The molecule has 3 aromatic rings. The van der Waals surface area contributed by atoms with Gasteiger partial charge in [0.15, 0.2) is 5.13 Å². The van der Waals surface area contributed by atoms with Crippen LogP contribution >= 0.6 is 11.3 Å². The molecule has 3 rings (SSSR count). The fourth-order valence-corrected chi connectivity index (χ4v) is 3.04. The fraction of sp³-hybridized carbons (Fsp3) is 0.0588. The van der Waals surface area contributed by atoms with Gasteiger partial charge in [-0.3, -0.25) is 19.8 Å². The standard InChI is InChI=1S/C17H13N3O3S/c1-12-11-24-17(18-12)19(14-7-3-2-4-8-14)16(21)13-6-5-9-15(10-13)20(22)23/h2-11H,1H3. The van der Waals surface area contributed by atoms with Gasteiger partial charge in [0.1, 0.15) is 0 Å². The van der Waals surface area contributed by atoms with Crippen molar-refractivity contribution in [1.29, 1.82) is 0 Å². The molecule has 0 N–H and O–H groups in total. The molecule has 1 heterocycles. The maximum absolute atomic E-state index is 13.0. The van der Waals surface area contributed by atoms with E-state index in [1.807, 2.05) is 30.5 Å². The highest BCUT2D eigenvalue weighted by atomic mass is 32.1. The lowest BCUT2D eigenvalue weighted by molar-refractivity contribution is -0.384. The Labute approximate surface area is 142 Å². The van der Waals surface area contributed by atoms with Crippen LogP contribution in [0.15, 0.2) is 60.0 Å². The van der Waals surface area contributed by atoms with Crippen LogP contribution in [0.4, 0.5) is 16.5 Å². The van der Waals surface area contributed by atoms with E-state index in [1.54, 1.807) is 18.2 Å². The summed E-state index contributed by atoms with van der Waals surface area (Å²) in [4.78, 5) is 29.3. The summed E-state index contributed by atoms with van der Waals surface area (Å²) in [7, 11) is 0. The van der Waals surface area contributed by atoms with Gasteiger partial charge in [-0.1, -0.05) is 24.3 Å². The molecule has 120 valence electrons. The predicted molar refractivity (Wildman–Crippen MR) is 92.9 cm³/mol. The Morgan fingerprint density at radius 2 is 1.92 bits per heavy atom. The third kappa shape index (κ3) is 3.16. The van der Waals surface area contributed by atoms with Crippen molar-refractivity contribution < 1.29 is 9.72 Å². The Morgan fingerprint density at radius 3 is 2.54 bits per heavy atom. The van der Waals surface area contributed by atoms with Crippen molar-refractivity contribution >= 4 is 33.8 Å². The second-order valence-corrected chi connectivity index (χ2v) is 5.89. The van der Waals surface area contributed by atoms with Crippen molar-refractivity contribution in [1.82, 2.24) is 4.98 Å². The molecule has 0 fully saturated rings. The smallest absolute Gasteiger partial charge is 0.268 e. The fourth-order valence-electron chi connectivity index (χ4n) is 2.22. The van der Waals surface area contributed by atoms with Crippen LogP contribution in [-0.2, 0) is 0 Å². The van der Waals surface area contributed by atoms with Gasteiger partial charge in [0.25, 0.3) is 11.6 Å². The molecule has 2 aromatic carbocycles. The molecule has 1 amide bonds. The van der Waals surface area contributed by atoms with Crippen molar-refractivity contribution in [2.75, 3.05) is 4.90 Å². The number of carbonyl (C=O) groups is 1. The largest absolute Gasteiger partial charge is 0.270 e. The number of hydrogen-bond acceptors (Lipinski definition) is 5. The van der Waals surface area contributed by atoms with Gasteiger partial charge in [-0.2, -0.15) is 0 Å². The topological polar surface area (TPSA) is 76.3 Å². The normalized spacial score (nSPS) is 10.4. The lowest BCUT2D eigenvalue weighted by Crippen LogP contribution is -2.25. The summed E-state index contributed by atoms with van der Waals surface area (Å²) >= 11 is 1.35. The van der Waals surface area contributed by atoms with Gasteiger partial charge in [0.05, 0.1) is 16.3 Å². The molecule has 0 bridgehead atoms. The van der Waals surface area contributed by atoms with E-state index in [0.717, 1.165) is 5.69 Å². The van der Waals surface area contributed by atoms with Crippen molar-refractivity contribution in [3.05, 3.63) is 81.3 Å². The van der Waals surface area contributed by atoms with Crippen LogP contribution in [0.2, 0.25) is 0 Å². The minimum atomic E-state index is -0.517. The number of nitro groups is 1. The minimum Gasteiger partial charge on any atom is -0.268 e. The molecular formula is C17H13N3O3S. The Hall–Kier alpha value is -3.06. The third-order valence-corrected chi connectivity index (χ3v) is 4.26. The minimum absolute atomic E-state index is 0.121. The van der Waals surface area contributed by atoms with E-state index in [2.05, 4.69) is 4.98 Å². The summed E-state index contributed by atoms with van der Waals surface area (Å²) in [5, 5.41) is 13.3. The second kappa shape index (κ2) is 6.59. The lowest BCUT2D eigenvalue weighted by Gasteiger charge is -2.20. The van der Waals surface area contributed by atoms with Crippen LogP contribution < -0.4 is 4.90 Å². The number of thiazole rings is 1. The second-order valence-electron chi connectivity index (χ2n) is 5.06. The molecule has 0 spiro atoms. The Kier molecular flexibility index (Phi) is 4.35. The lowest BCUT2D eigenvalue weighted by atomic mass is 10.1. The maximum atomic E-state index is 13.0. The summed E-state index contributed by atoms with van der Waals surface area (Å²) in [5.41, 5.74) is 1.58. The van der Waals surface area contributed by atoms with Gasteiger partial charge in [-0.15, -0.1) is 11.3 Å². The quantitative estimate of drug-likeness (QED) is 0.523. The van der Waals surface area contributed by atoms with Gasteiger partial charge in [0, 0.05) is 23.1 Å². The highest BCUT2D eigenvalue weighted by Crippen LogP contribution is 2.30. The molecule has 7 heteroatoms. The molecular weight excluding hydrogens is 326 g/mol. The van der Waals surface area contributed by atoms with Crippen LogP contribution in [0.1, 0.15) is 16.1 Å². The molecule has 0 aliphatic heterocycles. The summed E-state index contributed by atoms with van der Waals surface area (Å²) < 4.78 is 0. The number of amides is 1. The number of aryl methyl sites for hydroxylation is 1. The van der Waals surface area contributed by atoms with E-state index in [0.29, 0.717) is 10.8 Å². The van der Waals surface area contributed by atoms with Crippen molar-refractivity contribution in [2.24, 2.45) is 0 Å². The maximum Gasteiger partial charge on any atom is 0.270 e. The number of nitrogens with zero attached hydrogens (tertiary/aromatic N) is 3. The zero-order valence-corrected chi connectivity index (χ0v) is 13.6. The molecule has 0 aliphatic carbocycles. The van der Waals surface area contributed by atoms with Gasteiger partial charge in [-0.25, -0.2) is 4.98 Å². The molecule has 0 atom stereocenters. The van der Waals surface area contributed by atoms with Crippen molar-refractivity contribution in [3.63, 3.8) is 0 Å². The highest BCUT2D eigenvalue weighted by molar-refractivity contribution is 7.14. The van der Waals surface area contributed by atoms with Crippen molar-refractivity contribution in [2.45, 2.75) is 6.92 Å². The predicted octanol–water partition coefficient (Wildman–Crippen LogP) is 4.34. The summed E-state index contributed by atoms with van der Waals surface area (Å²) in [6, 6.07) is 14.8. The van der Waals surface area contributed by atoms with Crippen LogP contribution in [0.5, 0.6) is 0 Å². The average molecular weight is 339 g/mol. The number of hydrogen-bond donors (Lipinski definition) is 0. The molecule has 0 unspecified atom stereocenters. The summed E-state index contributed by atoms with van der Waals surface area (Å²) in [5.74, 6) is -0.362. The van der Waals surface area contributed by atoms with E-state index < -0.39 is 4.92 Å². The van der Waals surface area contributed by atoms with Gasteiger partial charge in [-0.05, 0) is 25.1 Å². The Bertz CT molecular complexity index is 893. The molecule has 1 aromatic heterocycles. The first-order valence-electron chi connectivity index (χ1n) is 7.12. The summed E-state index contributed by atoms with van der Waals surface area (Å²) in [6.45, 7) is 1.85. The van der Waals surface area contributed by atoms with E-state index in [9.17, 15) is 14.9 Å². The molecule has 24 heavy (non-hydrogen) atoms. The molecule has 0 aliphatic rings. The number of non-ortho nitro benzene ring substituents is 1. The number of nitro benzene ring substituents is 1. The average Bonchev–Trinajstić information content (AvgIpc) is 3.02. The van der Waals surface area contributed by atoms with Crippen LogP contribution in [0.25, 0.3) is 0 Å². The molecule has 0 saturated heterocycles. The monoisotopic (exact) mass is 339 g/mol. The van der Waals surface area contributed by atoms with Crippen LogP contribution in [-0.4, -0.2) is 15.8 Å². The number of anilines is 2. The first-order valence-corrected chi connectivity index (χ1v) is 8.00. The van der Waals surface area contributed by atoms with Gasteiger partial charge in [0.2, 0.25) is 0 Å². The number of benzene rings is 2. The molecule has 0 saturated carbocycles. The Balaban J connectivity index is 2.07. The zero-order chi connectivity index (χ0) is 17.1. The van der Waals surface area contributed by atoms with Crippen molar-refractivity contribution in [3.8, 4) is 0 Å². The Morgan fingerprint density at radius 1 is 1.17 bits per heavy atom. The zero-order valence-electron chi connectivity index (χ0n) is 12.7. The van der Waals surface area contributed by atoms with E-state index in [1.165, 1.54) is 34.4 Å². The number of carbonyl (C=O) groups excluding carboxylic acids is 1. The van der Waals surface area contributed by atoms with Crippen LogP contribution in [0, 0.1) is 17.0 Å². The molecule has 0 radical (unpaired) electrons. The highest BCUT2D eigenvalue weighted by Gasteiger charge is 2.23. The van der Waals surface area contributed by atoms with Crippen LogP contribution in [0.3, 0.4) is 0 Å². The first-order chi connectivity index (χ1) is 11.6. The SMILES string of the molecule is Cc1csc(N(C(=O)c2cccc([N+](=O)[O-])c2)c2ccccc2)n1. The first kappa shape index (κ1) is 15.8. The van der Waals surface area contributed by atoms with Gasteiger partial charge < -0.3 is 0 Å². The van der Waals surface area contributed by atoms with E-state index >= 15 is 0 Å². The number of aromatic nitrogens is 1. The summed E-state index contributed by atoms with van der Waals surface area (Å²) in [6.07, 6.45) is 0. The van der Waals surface area contributed by atoms with E-state index in [4.69, 9.17) is 0 Å².